The average molecular weight is 199 g/mol. The Morgan fingerprint density at radius 3 is 2.64 bits per heavy atom. The monoisotopic (exact) mass is 199 g/mol. The van der Waals surface area contributed by atoms with Crippen LogP contribution in [0.3, 0.4) is 0 Å². The predicted octanol–water partition coefficient (Wildman–Crippen LogP) is 2.87. The van der Waals surface area contributed by atoms with Crippen LogP contribution in [0.1, 0.15) is 24.0 Å². The third-order valence-electron chi connectivity index (χ3n) is 2.06. The number of aryl methyl sites for hydroxylation is 2. The summed E-state index contributed by atoms with van der Waals surface area (Å²) < 4.78 is 24.6. The molecule has 0 aromatic heterocycles. The van der Waals surface area contributed by atoms with Crippen molar-refractivity contribution in [2.24, 2.45) is 5.73 Å². The zero-order valence-electron chi connectivity index (χ0n) is 8.26. The van der Waals surface area contributed by atoms with E-state index < -0.39 is 6.05 Å². The highest BCUT2D eigenvalue weighted by molar-refractivity contribution is 5.22. The summed E-state index contributed by atoms with van der Waals surface area (Å²) in [6.45, 7) is 1.99. The highest BCUT2D eigenvalue weighted by Crippen LogP contribution is 2.15. The molecule has 1 rings (SSSR count). The van der Waals surface area contributed by atoms with E-state index in [1.807, 2.05) is 31.2 Å². The summed E-state index contributed by atoms with van der Waals surface area (Å²) in [6.07, 6.45) is 0.836. The molecule has 0 bridgehead atoms. The number of halogens is 2. The highest BCUT2D eigenvalue weighted by Gasteiger charge is 2.20. The van der Waals surface area contributed by atoms with Crippen LogP contribution in [-0.2, 0) is 6.42 Å². The van der Waals surface area contributed by atoms with Gasteiger partial charge in [0.2, 0.25) is 0 Å². The van der Waals surface area contributed by atoms with Gasteiger partial charge in [-0.1, -0.05) is 29.8 Å². The Morgan fingerprint density at radius 1 is 1.36 bits per heavy atom. The molecule has 0 unspecified atom stereocenters. The fraction of sp³-hybridized carbons (Fsp3) is 0.455. The summed E-state index contributed by atoms with van der Waals surface area (Å²) in [5.41, 5.74) is 6.84. The molecule has 1 aromatic carbocycles. The van der Waals surface area contributed by atoms with Crippen molar-refractivity contribution in [2.45, 2.75) is 32.2 Å². The fourth-order valence-corrected chi connectivity index (χ4v) is 1.40. The number of rotatable bonds is 4. The van der Waals surface area contributed by atoms with Crippen LogP contribution >= 0.6 is 0 Å². The van der Waals surface area contributed by atoms with Crippen LogP contribution in [0, 0.1) is 6.92 Å². The Balaban J connectivity index is 2.39. The molecule has 0 aliphatic rings. The van der Waals surface area contributed by atoms with Crippen LogP contribution < -0.4 is 5.73 Å². The average Bonchev–Trinajstić information content (AvgIpc) is 2.01. The largest absolute Gasteiger partial charge is 0.300 e. The molecule has 0 atom stereocenters. The van der Waals surface area contributed by atoms with Gasteiger partial charge in [0.05, 0.1) is 0 Å². The standard InChI is InChI=1S/C11H15F2N/c1-9-4-2-5-10(8-9)6-3-7-11(12,13)14/h2,4-5,8H,3,6-7,14H2,1H3. The van der Waals surface area contributed by atoms with Crippen molar-refractivity contribution in [3.63, 3.8) is 0 Å². The quantitative estimate of drug-likeness (QED) is 0.741. The van der Waals surface area contributed by atoms with Crippen molar-refractivity contribution >= 4 is 0 Å². The second-order valence-corrected chi connectivity index (χ2v) is 3.60. The van der Waals surface area contributed by atoms with Gasteiger partial charge in [-0.15, -0.1) is 0 Å². The highest BCUT2D eigenvalue weighted by atomic mass is 19.3. The third kappa shape index (κ3) is 4.33. The SMILES string of the molecule is Cc1cccc(CCCC(N)(F)F)c1. The molecule has 3 heteroatoms. The summed E-state index contributed by atoms with van der Waals surface area (Å²) >= 11 is 0. The summed E-state index contributed by atoms with van der Waals surface area (Å²) in [5, 5.41) is 0. The summed E-state index contributed by atoms with van der Waals surface area (Å²) in [5.74, 6) is 0. The lowest BCUT2D eigenvalue weighted by Crippen LogP contribution is -2.28. The summed E-state index contributed by atoms with van der Waals surface area (Å²) in [7, 11) is 0. The van der Waals surface area contributed by atoms with E-state index in [1.54, 1.807) is 0 Å². The fourth-order valence-electron chi connectivity index (χ4n) is 1.40. The van der Waals surface area contributed by atoms with E-state index in [4.69, 9.17) is 0 Å². The Hall–Kier alpha value is -0.960. The molecular weight excluding hydrogens is 184 g/mol. The van der Waals surface area contributed by atoms with E-state index in [2.05, 4.69) is 5.73 Å². The Bertz CT molecular complexity index is 292. The van der Waals surface area contributed by atoms with Crippen molar-refractivity contribution < 1.29 is 8.78 Å². The summed E-state index contributed by atoms with van der Waals surface area (Å²) in [4.78, 5) is 0. The van der Waals surface area contributed by atoms with Gasteiger partial charge >= 0.3 is 0 Å². The number of benzene rings is 1. The maximum Gasteiger partial charge on any atom is 0.300 e. The first kappa shape index (κ1) is 11.1. The van der Waals surface area contributed by atoms with Gasteiger partial charge in [-0.05, 0) is 25.3 Å². The number of hydrogen-bond donors (Lipinski definition) is 1. The molecule has 78 valence electrons. The first-order valence-electron chi connectivity index (χ1n) is 4.70. The number of hydrogen-bond acceptors (Lipinski definition) is 1. The molecule has 0 saturated carbocycles. The number of nitrogens with two attached hydrogens (primary N) is 1. The van der Waals surface area contributed by atoms with Crippen LogP contribution in [0.25, 0.3) is 0 Å². The van der Waals surface area contributed by atoms with Gasteiger partial charge in [-0.3, -0.25) is 5.73 Å². The molecule has 0 aliphatic carbocycles. The molecule has 0 heterocycles. The van der Waals surface area contributed by atoms with E-state index in [1.165, 1.54) is 0 Å². The molecule has 1 aromatic rings. The summed E-state index contributed by atoms with van der Waals surface area (Å²) in [6, 6.07) is 4.85. The smallest absolute Gasteiger partial charge is 0.272 e. The van der Waals surface area contributed by atoms with Crippen molar-refractivity contribution in [1.29, 1.82) is 0 Å². The second kappa shape index (κ2) is 4.51. The van der Waals surface area contributed by atoms with Gasteiger partial charge in [0, 0.05) is 6.42 Å². The predicted molar refractivity (Wildman–Crippen MR) is 53.3 cm³/mol. The molecule has 0 aliphatic heterocycles. The van der Waals surface area contributed by atoms with E-state index in [-0.39, 0.29) is 6.42 Å². The van der Waals surface area contributed by atoms with Crippen LogP contribution in [0.5, 0.6) is 0 Å². The molecule has 0 saturated heterocycles. The normalized spacial score (nSPS) is 11.7. The van der Waals surface area contributed by atoms with Crippen molar-refractivity contribution in [1.82, 2.24) is 0 Å². The van der Waals surface area contributed by atoms with Gasteiger partial charge in [-0.25, -0.2) is 0 Å². The molecular formula is C11H15F2N. The lowest BCUT2D eigenvalue weighted by molar-refractivity contribution is -0.00247. The molecule has 0 amide bonds. The van der Waals surface area contributed by atoms with Gasteiger partial charge in [-0.2, -0.15) is 8.78 Å². The molecule has 2 N–H and O–H groups in total. The van der Waals surface area contributed by atoms with Gasteiger partial charge in [0.1, 0.15) is 0 Å². The van der Waals surface area contributed by atoms with Crippen LogP contribution in [0.2, 0.25) is 0 Å². The van der Waals surface area contributed by atoms with Gasteiger partial charge < -0.3 is 0 Å². The molecule has 14 heavy (non-hydrogen) atoms. The van der Waals surface area contributed by atoms with E-state index in [0.29, 0.717) is 12.8 Å². The number of alkyl halides is 2. The van der Waals surface area contributed by atoms with Crippen LogP contribution in [0.4, 0.5) is 8.78 Å². The minimum Gasteiger partial charge on any atom is -0.272 e. The Kier molecular flexibility index (Phi) is 3.58. The maximum atomic E-state index is 12.3. The minimum absolute atomic E-state index is 0.249. The minimum atomic E-state index is -3.02. The van der Waals surface area contributed by atoms with Crippen molar-refractivity contribution in [3.05, 3.63) is 35.4 Å². The lowest BCUT2D eigenvalue weighted by Gasteiger charge is -2.09. The third-order valence-corrected chi connectivity index (χ3v) is 2.06. The molecule has 0 spiro atoms. The van der Waals surface area contributed by atoms with Crippen molar-refractivity contribution in [3.8, 4) is 0 Å². The van der Waals surface area contributed by atoms with E-state index >= 15 is 0 Å². The maximum absolute atomic E-state index is 12.3. The van der Waals surface area contributed by atoms with Crippen molar-refractivity contribution in [2.75, 3.05) is 0 Å². The second-order valence-electron chi connectivity index (χ2n) is 3.60. The van der Waals surface area contributed by atoms with E-state index in [0.717, 1.165) is 11.1 Å². The topological polar surface area (TPSA) is 26.0 Å². The molecule has 0 fully saturated rings. The Labute approximate surface area is 82.9 Å². The lowest BCUT2D eigenvalue weighted by atomic mass is 10.1. The van der Waals surface area contributed by atoms with Crippen LogP contribution in [-0.4, -0.2) is 6.05 Å². The zero-order chi connectivity index (χ0) is 10.6. The molecule has 0 radical (unpaired) electrons. The van der Waals surface area contributed by atoms with Crippen LogP contribution in [0.15, 0.2) is 24.3 Å². The van der Waals surface area contributed by atoms with E-state index in [9.17, 15) is 8.78 Å². The molecule has 1 nitrogen and oxygen atoms in total. The first-order valence-corrected chi connectivity index (χ1v) is 4.70. The Morgan fingerprint density at radius 2 is 2.07 bits per heavy atom. The van der Waals surface area contributed by atoms with Gasteiger partial charge in [0.15, 0.2) is 0 Å². The first-order chi connectivity index (χ1) is 6.47. The van der Waals surface area contributed by atoms with Gasteiger partial charge in [0.25, 0.3) is 6.05 Å². The zero-order valence-corrected chi connectivity index (χ0v) is 8.26.